The third-order valence-electron chi connectivity index (χ3n) is 3.94. The highest BCUT2D eigenvalue weighted by Crippen LogP contribution is 2.28. The van der Waals surface area contributed by atoms with E-state index < -0.39 is 10.0 Å². The average molecular weight is 372 g/mol. The van der Waals surface area contributed by atoms with E-state index in [1.807, 2.05) is 12.1 Å². The van der Waals surface area contributed by atoms with Crippen LogP contribution in [0.4, 0.5) is 5.69 Å². The van der Waals surface area contributed by atoms with Gasteiger partial charge in [0.25, 0.3) is 10.0 Å². The molecule has 0 aliphatic heterocycles. The van der Waals surface area contributed by atoms with Crippen molar-refractivity contribution in [2.45, 2.75) is 37.5 Å². The number of rotatable bonds is 5. The summed E-state index contributed by atoms with van der Waals surface area (Å²) in [6.07, 6.45) is 0.971. The summed E-state index contributed by atoms with van der Waals surface area (Å²) in [5.41, 5.74) is 1.45. The highest BCUT2D eigenvalue weighted by Gasteiger charge is 2.20. The Morgan fingerprint density at radius 2 is 1.52 bits per heavy atom. The summed E-state index contributed by atoms with van der Waals surface area (Å²) in [5, 5.41) is 0.741. The van der Waals surface area contributed by atoms with E-state index in [4.69, 9.17) is 23.2 Å². The zero-order valence-electron chi connectivity index (χ0n) is 13.2. The van der Waals surface area contributed by atoms with E-state index in [1.165, 1.54) is 12.1 Å². The lowest BCUT2D eigenvalue weighted by Crippen LogP contribution is -2.17. The van der Waals surface area contributed by atoms with Crippen LogP contribution < -0.4 is 4.72 Å². The highest BCUT2D eigenvalue weighted by molar-refractivity contribution is 7.92. The zero-order valence-corrected chi connectivity index (χ0v) is 15.6. The molecule has 23 heavy (non-hydrogen) atoms. The molecule has 6 heteroatoms. The van der Waals surface area contributed by atoms with E-state index in [2.05, 4.69) is 25.5 Å². The number of nitrogens with one attached hydrogen (secondary N) is 1. The number of halogens is 2. The number of benzene rings is 2. The molecule has 1 N–H and O–H groups in total. The SMILES string of the molecule is CCC(C)(C)c1ccc(S(=O)(=O)Nc2cc(Cl)cc(Cl)c2)cc1. The van der Waals surface area contributed by atoms with Crippen molar-refractivity contribution >= 4 is 38.9 Å². The van der Waals surface area contributed by atoms with Crippen LogP contribution in [-0.2, 0) is 15.4 Å². The second kappa shape index (κ2) is 6.71. The molecule has 3 nitrogen and oxygen atoms in total. The van der Waals surface area contributed by atoms with Gasteiger partial charge in [0.2, 0.25) is 0 Å². The molecule has 2 rings (SSSR count). The van der Waals surface area contributed by atoms with Crippen LogP contribution in [0.2, 0.25) is 10.0 Å². The first-order valence-electron chi connectivity index (χ1n) is 7.23. The van der Waals surface area contributed by atoms with Crippen molar-refractivity contribution in [3.63, 3.8) is 0 Å². The van der Waals surface area contributed by atoms with Gasteiger partial charge in [0.1, 0.15) is 0 Å². The maximum absolute atomic E-state index is 12.5. The van der Waals surface area contributed by atoms with Gasteiger partial charge >= 0.3 is 0 Å². The quantitative estimate of drug-likeness (QED) is 0.755. The third-order valence-corrected chi connectivity index (χ3v) is 5.78. The summed E-state index contributed by atoms with van der Waals surface area (Å²) in [5.74, 6) is 0. The van der Waals surface area contributed by atoms with Gasteiger partial charge in [0, 0.05) is 10.0 Å². The topological polar surface area (TPSA) is 46.2 Å². The van der Waals surface area contributed by atoms with Crippen LogP contribution in [-0.4, -0.2) is 8.42 Å². The van der Waals surface area contributed by atoms with Gasteiger partial charge in [0.05, 0.1) is 10.6 Å². The predicted molar refractivity (Wildman–Crippen MR) is 97.0 cm³/mol. The van der Waals surface area contributed by atoms with Crippen LogP contribution in [0.25, 0.3) is 0 Å². The molecule has 0 radical (unpaired) electrons. The van der Waals surface area contributed by atoms with E-state index in [0.717, 1.165) is 12.0 Å². The van der Waals surface area contributed by atoms with Crippen LogP contribution in [0.1, 0.15) is 32.8 Å². The lowest BCUT2D eigenvalue weighted by molar-refractivity contribution is 0.506. The van der Waals surface area contributed by atoms with E-state index in [-0.39, 0.29) is 10.3 Å². The Morgan fingerprint density at radius 3 is 2.00 bits per heavy atom. The lowest BCUT2D eigenvalue weighted by atomic mass is 9.82. The van der Waals surface area contributed by atoms with Gasteiger partial charge in [-0.15, -0.1) is 0 Å². The Kier molecular flexibility index (Phi) is 5.29. The fourth-order valence-electron chi connectivity index (χ4n) is 2.12. The monoisotopic (exact) mass is 371 g/mol. The molecule has 0 bridgehead atoms. The standard InChI is InChI=1S/C17H19Cl2NO2S/c1-4-17(2,3)12-5-7-16(8-6-12)23(21,22)20-15-10-13(18)9-14(19)11-15/h5-11,20H,4H2,1-3H3. The molecule has 0 aliphatic carbocycles. The van der Waals surface area contributed by atoms with Crippen molar-refractivity contribution in [1.82, 2.24) is 0 Å². The van der Waals surface area contributed by atoms with Crippen molar-refractivity contribution in [1.29, 1.82) is 0 Å². The van der Waals surface area contributed by atoms with Crippen LogP contribution in [0, 0.1) is 0 Å². The summed E-state index contributed by atoms with van der Waals surface area (Å²) in [6.45, 7) is 6.36. The molecule has 124 valence electrons. The fraction of sp³-hybridized carbons (Fsp3) is 0.294. The Labute approximate surface area is 147 Å². The second-order valence-corrected chi connectivity index (χ2v) is 8.58. The van der Waals surface area contributed by atoms with Gasteiger partial charge in [-0.25, -0.2) is 8.42 Å². The van der Waals surface area contributed by atoms with Gasteiger partial charge in [0.15, 0.2) is 0 Å². The third kappa shape index (κ3) is 4.40. The van der Waals surface area contributed by atoms with E-state index in [0.29, 0.717) is 15.7 Å². The zero-order chi connectivity index (χ0) is 17.3. The molecule has 0 unspecified atom stereocenters. The summed E-state index contributed by atoms with van der Waals surface area (Å²) >= 11 is 11.8. The second-order valence-electron chi connectivity index (χ2n) is 6.03. The molecular formula is C17H19Cl2NO2S. The molecule has 0 spiro atoms. The lowest BCUT2D eigenvalue weighted by Gasteiger charge is -2.23. The van der Waals surface area contributed by atoms with E-state index in [9.17, 15) is 8.42 Å². The highest BCUT2D eigenvalue weighted by atomic mass is 35.5. The van der Waals surface area contributed by atoms with Crippen LogP contribution >= 0.6 is 23.2 Å². The van der Waals surface area contributed by atoms with Crippen LogP contribution in [0.5, 0.6) is 0 Å². The van der Waals surface area contributed by atoms with Gasteiger partial charge in [-0.05, 0) is 47.7 Å². The molecule has 0 aromatic heterocycles. The first kappa shape index (κ1) is 18.1. The first-order chi connectivity index (χ1) is 10.6. The van der Waals surface area contributed by atoms with Crippen LogP contribution in [0.15, 0.2) is 47.4 Å². The summed E-state index contributed by atoms with van der Waals surface area (Å²) in [6, 6.07) is 11.5. The van der Waals surface area contributed by atoms with Gasteiger partial charge in [-0.1, -0.05) is 56.1 Å². The van der Waals surface area contributed by atoms with Gasteiger partial charge in [-0.2, -0.15) is 0 Å². The maximum Gasteiger partial charge on any atom is 0.261 e. The van der Waals surface area contributed by atoms with E-state index >= 15 is 0 Å². The Morgan fingerprint density at radius 1 is 1.00 bits per heavy atom. The maximum atomic E-state index is 12.5. The van der Waals surface area contributed by atoms with Crippen molar-refractivity contribution in [3.8, 4) is 0 Å². The van der Waals surface area contributed by atoms with Crippen molar-refractivity contribution in [2.75, 3.05) is 4.72 Å². The molecule has 2 aromatic rings. The van der Waals surface area contributed by atoms with E-state index in [1.54, 1.807) is 18.2 Å². The van der Waals surface area contributed by atoms with Crippen molar-refractivity contribution in [3.05, 3.63) is 58.1 Å². The molecule has 0 saturated carbocycles. The minimum Gasteiger partial charge on any atom is -0.280 e. The average Bonchev–Trinajstić information content (AvgIpc) is 2.45. The molecule has 0 saturated heterocycles. The summed E-state index contributed by atoms with van der Waals surface area (Å²) in [4.78, 5) is 0.198. The smallest absolute Gasteiger partial charge is 0.261 e. The predicted octanol–water partition coefficient (Wildman–Crippen LogP) is 5.48. The number of sulfonamides is 1. The minimum absolute atomic E-state index is 0.0101. The number of hydrogen-bond acceptors (Lipinski definition) is 2. The normalized spacial score (nSPS) is 12.2. The Hall–Kier alpha value is -1.23. The molecule has 0 fully saturated rings. The van der Waals surface area contributed by atoms with Gasteiger partial charge < -0.3 is 0 Å². The summed E-state index contributed by atoms with van der Waals surface area (Å²) < 4.78 is 27.4. The molecule has 0 amide bonds. The van der Waals surface area contributed by atoms with Crippen molar-refractivity contribution in [2.24, 2.45) is 0 Å². The summed E-state index contributed by atoms with van der Waals surface area (Å²) in [7, 11) is -3.68. The number of hydrogen-bond donors (Lipinski definition) is 1. The largest absolute Gasteiger partial charge is 0.280 e. The fourth-order valence-corrected chi connectivity index (χ4v) is 3.68. The molecule has 0 aliphatic rings. The molecular weight excluding hydrogens is 353 g/mol. The molecule has 0 atom stereocenters. The van der Waals surface area contributed by atoms with Gasteiger partial charge in [-0.3, -0.25) is 4.72 Å². The molecule has 0 heterocycles. The molecule has 2 aromatic carbocycles. The Bertz CT molecular complexity index is 780. The van der Waals surface area contributed by atoms with Crippen LogP contribution in [0.3, 0.4) is 0 Å². The number of anilines is 1. The first-order valence-corrected chi connectivity index (χ1v) is 9.47. The minimum atomic E-state index is -3.68. The van der Waals surface area contributed by atoms with Crippen molar-refractivity contribution < 1.29 is 8.42 Å². The Balaban J connectivity index is 2.29.